The number of nitrogens with one attached hydrogen (secondary N) is 2. The van der Waals surface area contributed by atoms with Crippen molar-refractivity contribution in [1.29, 1.82) is 0 Å². The second-order valence-electron chi connectivity index (χ2n) is 7.49. The summed E-state index contributed by atoms with van der Waals surface area (Å²) in [6.07, 6.45) is 2.74. The molecule has 32 heavy (non-hydrogen) atoms. The minimum Gasteiger partial charge on any atom is -0.382 e. The van der Waals surface area contributed by atoms with E-state index in [4.69, 9.17) is 4.74 Å². The fraction of sp³-hybridized carbons (Fsp3) is 0.391. The SMILES string of the molecule is CCOCCCNC(=O)c1cccc(NC(=O)c2cc([N+](=O)[O-])ccc2N2CCCC2)c1. The van der Waals surface area contributed by atoms with Gasteiger partial charge in [-0.15, -0.1) is 0 Å². The fourth-order valence-corrected chi connectivity index (χ4v) is 3.61. The van der Waals surface area contributed by atoms with Crippen LogP contribution in [0, 0.1) is 10.1 Å². The molecular formula is C23H28N4O5. The molecule has 9 nitrogen and oxygen atoms in total. The van der Waals surface area contributed by atoms with Gasteiger partial charge in [-0.3, -0.25) is 19.7 Å². The lowest BCUT2D eigenvalue weighted by atomic mass is 10.1. The van der Waals surface area contributed by atoms with Gasteiger partial charge in [0.1, 0.15) is 0 Å². The highest BCUT2D eigenvalue weighted by molar-refractivity contribution is 6.09. The predicted molar refractivity (Wildman–Crippen MR) is 122 cm³/mol. The summed E-state index contributed by atoms with van der Waals surface area (Å²) in [5.41, 5.74) is 1.63. The standard InChI is InChI=1S/C23H28N4O5/c1-2-32-14-6-11-24-22(28)17-7-5-8-18(15-17)25-23(29)20-16-19(27(30)31)9-10-21(20)26-12-3-4-13-26/h5,7-10,15-16H,2-4,6,11-14H2,1H3,(H,24,28)(H,25,29). The Balaban J connectivity index is 1.73. The molecule has 9 heteroatoms. The van der Waals surface area contributed by atoms with Gasteiger partial charge in [-0.1, -0.05) is 6.07 Å². The molecular weight excluding hydrogens is 412 g/mol. The maximum atomic E-state index is 13.0. The van der Waals surface area contributed by atoms with Crippen molar-refractivity contribution in [2.75, 3.05) is 43.1 Å². The van der Waals surface area contributed by atoms with E-state index in [1.807, 2.05) is 6.92 Å². The van der Waals surface area contributed by atoms with E-state index in [1.54, 1.807) is 30.3 Å². The van der Waals surface area contributed by atoms with Crippen molar-refractivity contribution in [3.05, 3.63) is 63.7 Å². The second-order valence-corrected chi connectivity index (χ2v) is 7.49. The van der Waals surface area contributed by atoms with Crippen molar-refractivity contribution in [2.45, 2.75) is 26.2 Å². The van der Waals surface area contributed by atoms with Crippen LogP contribution in [0.15, 0.2) is 42.5 Å². The van der Waals surface area contributed by atoms with Crippen molar-refractivity contribution in [3.63, 3.8) is 0 Å². The highest BCUT2D eigenvalue weighted by atomic mass is 16.6. The maximum absolute atomic E-state index is 13.0. The van der Waals surface area contributed by atoms with Crippen molar-refractivity contribution in [1.82, 2.24) is 5.32 Å². The summed E-state index contributed by atoms with van der Waals surface area (Å²) in [5, 5.41) is 16.8. The van der Waals surface area contributed by atoms with Gasteiger partial charge >= 0.3 is 0 Å². The molecule has 0 spiro atoms. The molecule has 1 fully saturated rings. The van der Waals surface area contributed by atoms with Gasteiger partial charge < -0.3 is 20.3 Å². The number of amides is 2. The molecule has 0 aromatic heterocycles. The lowest BCUT2D eigenvalue weighted by Crippen LogP contribution is -2.25. The third kappa shape index (κ3) is 6.04. The molecule has 2 N–H and O–H groups in total. The lowest BCUT2D eigenvalue weighted by Gasteiger charge is -2.21. The Hall–Kier alpha value is -3.46. The highest BCUT2D eigenvalue weighted by Gasteiger charge is 2.23. The van der Waals surface area contributed by atoms with Crippen molar-refractivity contribution in [2.24, 2.45) is 0 Å². The molecule has 0 atom stereocenters. The first-order valence-corrected chi connectivity index (χ1v) is 10.8. The number of nitrogens with zero attached hydrogens (tertiary/aromatic N) is 2. The summed E-state index contributed by atoms with van der Waals surface area (Å²) in [5.74, 6) is -0.699. The molecule has 1 heterocycles. The van der Waals surface area contributed by atoms with E-state index in [1.165, 1.54) is 12.1 Å². The predicted octanol–water partition coefficient (Wildman–Crippen LogP) is 3.60. The topological polar surface area (TPSA) is 114 Å². The van der Waals surface area contributed by atoms with Crippen molar-refractivity contribution >= 4 is 28.9 Å². The van der Waals surface area contributed by atoms with Gasteiger partial charge in [-0.05, 0) is 50.5 Å². The number of ether oxygens (including phenoxy) is 1. The number of hydrogen-bond donors (Lipinski definition) is 2. The Kier molecular flexibility index (Phi) is 8.15. The van der Waals surface area contributed by atoms with Gasteiger partial charge in [0.2, 0.25) is 0 Å². The molecule has 0 unspecified atom stereocenters. The smallest absolute Gasteiger partial charge is 0.270 e. The Morgan fingerprint density at radius 1 is 1.12 bits per heavy atom. The zero-order chi connectivity index (χ0) is 22.9. The molecule has 1 aliphatic heterocycles. The number of hydrogen-bond acceptors (Lipinski definition) is 6. The monoisotopic (exact) mass is 440 g/mol. The first-order valence-electron chi connectivity index (χ1n) is 10.8. The number of benzene rings is 2. The van der Waals surface area contributed by atoms with Gasteiger partial charge in [0, 0.05) is 56.2 Å². The minimum atomic E-state index is -0.513. The summed E-state index contributed by atoms with van der Waals surface area (Å²) >= 11 is 0. The van der Waals surface area contributed by atoms with Crippen LogP contribution >= 0.6 is 0 Å². The van der Waals surface area contributed by atoms with Gasteiger partial charge in [0.15, 0.2) is 0 Å². The number of nitro groups is 1. The zero-order valence-corrected chi connectivity index (χ0v) is 18.1. The van der Waals surface area contributed by atoms with Crippen LogP contribution in [0.4, 0.5) is 17.1 Å². The lowest BCUT2D eigenvalue weighted by molar-refractivity contribution is -0.384. The Morgan fingerprint density at radius 2 is 1.91 bits per heavy atom. The van der Waals surface area contributed by atoms with E-state index in [0.717, 1.165) is 25.9 Å². The van der Waals surface area contributed by atoms with Crippen LogP contribution in [0.2, 0.25) is 0 Å². The highest BCUT2D eigenvalue weighted by Crippen LogP contribution is 2.29. The van der Waals surface area contributed by atoms with E-state index in [-0.39, 0.29) is 17.2 Å². The van der Waals surface area contributed by atoms with Gasteiger partial charge in [0.05, 0.1) is 16.2 Å². The summed E-state index contributed by atoms with van der Waals surface area (Å²) in [7, 11) is 0. The number of non-ortho nitro benzene ring substituents is 1. The molecule has 0 aliphatic carbocycles. The first kappa shape index (κ1) is 23.2. The van der Waals surface area contributed by atoms with Crippen LogP contribution in [-0.2, 0) is 4.74 Å². The molecule has 1 saturated heterocycles. The molecule has 170 valence electrons. The third-order valence-electron chi connectivity index (χ3n) is 5.22. The summed E-state index contributed by atoms with van der Waals surface area (Å²) < 4.78 is 5.25. The number of carbonyl (C=O) groups excluding carboxylic acids is 2. The molecule has 0 radical (unpaired) electrons. The van der Waals surface area contributed by atoms with E-state index in [9.17, 15) is 19.7 Å². The van der Waals surface area contributed by atoms with Gasteiger partial charge in [-0.2, -0.15) is 0 Å². The molecule has 2 aromatic rings. The normalized spacial score (nSPS) is 13.1. The number of rotatable bonds is 10. The summed E-state index contributed by atoms with van der Waals surface area (Å²) in [6.45, 7) is 5.23. The van der Waals surface area contributed by atoms with Gasteiger partial charge in [0.25, 0.3) is 17.5 Å². The largest absolute Gasteiger partial charge is 0.382 e. The van der Waals surface area contributed by atoms with E-state index < -0.39 is 10.8 Å². The Morgan fingerprint density at radius 3 is 2.62 bits per heavy atom. The fourth-order valence-electron chi connectivity index (χ4n) is 3.61. The number of carbonyl (C=O) groups is 2. The number of anilines is 2. The zero-order valence-electron chi connectivity index (χ0n) is 18.1. The Labute approximate surface area is 186 Å². The molecule has 0 saturated carbocycles. The van der Waals surface area contributed by atoms with E-state index in [0.29, 0.717) is 43.1 Å². The average Bonchev–Trinajstić information content (AvgIpc) is 3.33. The first-order chi connectivity index (χ1) is 15.5. The van der Waals surface area contributed by atoms with Crippen LogP contribution < -0.4 is 15.5 Å². The molecule has 3 rings (SSSR count). The van der Waals surface area contributed by atoms with Crippen LogP contribution in [0.3, 0.4) is 0 Å². The van der Waals surface area contributed by atoms with E-state index in [2.05, 4.69) is 15.5 Å². The molecule has 1 aliphatic rings. The summed E-state index contributed by atoms with van der Waals surface area (Å²) in [4.78, 5) is 38.2. The Bertz CT molecular complexity index is 973. The van der Waals surface area contributed by atoms with Crippen LogP contribution in [-0.4, -0.2) is 49.6 Å². The van der Waals surface area contributed by atoms with Crippen LogP contribution in [0.1, 0.15) is 46.9 Å². The molecule has 0 bridgehead atoms. The quantitative estimate of drug-likeness (QED) is 0.331. The third-order valence-corrected chi connectivity index (χ3v) is 5.22. The molecule has 2 amide bonds. The van der Waals surface area contributed by atoms with Crippen LogP contribution in [0.25, 0.3) is 0 Å². The van der Waals surface area contributed by atoms with Crippen molar-refractivity contribution in [3.8, 4) is 0 Å². The minimum absolute atomic E-state index is 0.140. The van der Waals surface area contributed by atoms with E-state index >= 15 is 0 Å². The average molecular weight is 441 g/mol. The maximum Gasteiger partial charge on any atom is 0.270 e. The summed E-state index contributed by atoms with van der Waals surface area (Å²) in [6, 6.07) is 11.0. The van der Waals surface area contributed by atoms with Gasteiger partial charge in [-0.25, -0.2) is 0 Å². The van der Waals surface area contributed by atoms with Crippen molar-refractivity contribution < 1.29 is 19.2 Å². The van der Waals surface area contributed by atoms with Crippen LogP contribution in [0.5, 0.6) is 0 Å². The second kappa shape index (κ2) is 11.2. The number of nitro benzene ring substituents is 1. The molecule has 2 aromatic carbocycles.